The van der Waals surface area contributed by atoms with Crippen molar-refractivity contribution in [2.45, 2.75) is 121 Å². The first-order chi connectivity index (χ1) is 24.5. The molecule has 8 rings (SSSR count). The van der Waals surface area contributed by atoms with Crippen molar-refractivity contribution in [2.24, 2.45) is 10.8 Å². The summed E-state index contributed by atoms with van der Waals surface area (Å²) in [7, 11) is 0. The van der Waals surface area contributed by atoms with E-state index in [1.807, 2.05) is 0 Å². The van der Waals surface area contributed by atoms with E-state index in [0.717, 1.165) is 20.2 Å². The van der Waals surface area contributed by atoms with E-state index in [9.17, 15) is 0 Å². The summed E-state index contributed by atoms with van der Waals surface area (Å²) < 4.78 is 3.23. The average Bonchev–Trinajstić information content (AvgIpc) is 3.37. The fourth-order valence-electron chi connectivity index (χ4n) is 11.2. The molecular weight excluding hydrogens is 850 g/mol. The average molecular weight is 910 g/mol. The molecule has 0 bridgehead atoms. The Balaban J connectivity index is 0.00000240. The smallest absolute Gasteiger partial charge is 1.00 e. The minimum Gasteiger partial charge on any atom is -1.00 e. The second-order valence-corrected chi connectivity index (χ2v) is 35.2. The number of hydrogen-bond acceptors (Lipinski definition) is 0. The SMILES string of the molecule is CCCc1ccc(-c2cccc3c2C=C(C(C)(C)C)[CH]3[Hf+2]2([CH]3C(C(C)(C)C)=Cc4c(-c5ccc(CCC)cc5)cccc43)[CH]3CCCC[CH]32)cc1.[Cl-].[Cl-]. The van der Waals surface area contributed by atoms with Gasteiger partial charge in [0.15, 0.2) is 0 Å². The molecule has 0 amide bonds. The standard InChI is InChI=1S/2C22H25.C6H10.2ClH.Hf/c2*1-5-7-16-10-12-17(13-11-16)20-9-6-8-18-14-19(15-21(18)20)22(2,3)4;1-2-4-6-5-3-1;;;/h2*6,8-15H,5,7H2,1-4H3;1-2H,3-6H2;2*1H;/q;;;;;+2/p-2. The third-order valence-electron chi connectivity index (χ3n) is 13.4. The molecule has 4 atom stereocenters. The number of fused-ring (bicyclic) bond motifs is 3. The number of benzene rings is 4. The van der Waals surface area contributed by atoms with Crippen molar-refractivity contribution in [2.75, 3.05) is 0 Å². The van der Waals surface area contributed by atoms with Gasteiger partial charge in [0, 0.05) is 0 Å². The minimum atomic E-state index is -3.40. The maximum absolute atomic E-state index is 3.40. The Hall–Kier alpha value is -2.19. The van der Waals surface area contributed by atoms with Crippen molar-refractivity contribution >= 4 is 12.2 Å². The van der Waals surface area contributed by atoms with Crippen LogP contribution >= 0.6 is 0 Å². The van der Waals surface area contributed by atoms with Gasteiger partial charge in [0.05, 0.1) is 0 Å². The molecule has 0 aromatic heterocycles. The normalized spacial score (nSPS) is 23.0. The Kier molecular flexibility index (Phi) is 11.8. The third-order valence-corrected chi connectivity index (χ3v) is 37.9. The summed E-state index contributed by atoms with van der Waals surface area (Å²) in [5.41, 5.74) is 18.8. The van der Waals surface area contributed by atoms with Gasteiger partial charge in [-0.3, -0.25) is 0 Å². The van der Waals surface area contributed by atoms with Crippen LogP contribution in [0, 0.1) is 10.8 Å². The predicted octanol–water partition coefficient (Wildman–Crippen LogP) is 8.92. The molecule has 53 heavy (non-hydrogen) atoms. The Morgan fingerprint density at radius 3 is 1.25 bits per heavy atom. The van der Waals surface area contributed by atoms with E-state index < -0.39 is 20.0 Å². The van der Waals surface area contributed by atoms with Gasteiger partial charge < -0.3 is 24.8 Å². The molecule has 3 heteroatoms. The fourth-order valence-corrected chi connectivity index (χ4v) is 48.0. The molecule has 1 heterocycles. The number of allylic oxidation sites excluding steroid dienone is 2. The van der Waals surface area contributed by atoms with Crippen molar-refractivity contribution in [1.29, 1.82) is 0 Å². The van der Waals surface area contributed by atoms with E-state index >= 15 is 0 Å². The molecule has 0 N–H and O–H groups in total. The summed E-state index contributed by atoms with van der Waals surface area (Å²) in [5, 5.41) is 0. The number of aryl methyl sites for hydroxylation is 2. The van der Waals surface area contributed by atoms with Crippen molar-refractivity contribution < 1.29 is 44.8 Å². The monoisotopic (exact) mass is 910 g/mol. The van der Waals surface area contributed by atoms with Crippen LogP contribution in [0.5, 0.6) is 0 Å². The molecule has 1 aliphatic heterocycles. The molecule has 2 fully saturated rings. The molecule has 1 saturated carbocycles. The Morgan fingerprint density at radius 2 is 0.906 bits per heavy atom. The first-order valence-electron chi connectivity index (χ1n) is 20.4. The summed E-state index contributed by atoms with van der Waals surface area (Å²) in [4.78, 5) is 0. The maximum Gasteiger partial charge on any atom is -1.00 e. The van der Waals surface area contributed by atoms with E-state index in [0.29, 0.717) is 7.35 Å². The Labute approximate surface area is 338 Å². The van der Waals surface area contributed by atoms with Crippen LogP contribution in [0.3, 0.4) is 0 Å². The predicted molar refractivity (Wildman–Crippen MR) is 218 cm³/mol. The van der Waals surface area contributed by atoms with E-state index in [1.54, 1.807) is 33.4 Å². The van der Waals surface area contributed by atoms with Crippen LogP contribution in [-0.4, -0.2) is 0 Å². The zero-order valence-corrected chi connectivity index (χ0v) is 38.6. The second kappa shape index (κ2) is 15.4. The third kappa shape index (κ3) is 6.86. The summed E-state index contributed by atoms with van der Waals surface area (Å²) in [6.07, 6.45) is 15.9. The van der Waals surface area contributed by atoms with Crippen LogP contribution in [-0.2, 0) is 32.8 Å². The fraction of sp³-hybridized carbons (Fsp3) is 0.440. The van der Waals surface area contributed by atoms with Crippen LogP contribution in [0.2, 0.25) is 7.35 Å². The van der Waals surface area contributed by atoms with Crippen molar-refractivity contribution in [3.05, 3.63) is 129 Å². The van der Waals surface area contributed by atoms with Gasteiger partial charge in [-0.25, -0.2) is 0 Å². The molecule has 4 unspecified atom stereocenters. The van der Waals surface area contributed by atoms with Crippen LogP contribution in [0.1, 0.15) is 135 Å². The minimum absolute atomic E-state index is 0. The topological polar surface area (TPSA) is 0 Å². The quantitative estimate of drug-likeness (QED) is 0.155. The first kappa shape index (κ1) is 40.5. The Morgan fingerprint density at radius 1 is 0.528 bits per heavy atom. The zero-order valence-electron chi connectivity index (χ0n) is 33.5. The summed E-state index contributed by atoms with van der Waals surface area (Å²) in [6, 6.07) is 33.9. The molecule has 0 nitrogen and oxygen atoms in total. The molecule has 1 saturated heterocycles. The van der Waals surface area contributed by atoms with Crippen molar-refractivity contribution in [3.8, 4) is 22.3 Å². The van der Waals surface area contributed by atoms with Gasteiger partial charge in [-0.1, -0.05) is 0 Å². The van der Waals surface area contributed by atoms with Gasteiger partial charge in [0.25, 0.3) is 0 Å². The number of hydrogen-bond donors (Lipinski definition) is 0. The van der Waals surface area contributed by atoms with Gasteiger partial charge in [0.2, 0.25) is 0 Å². The molecule has 4 aromatic carbocycles. The van der Waals surface area contributed by atoms with E-state index in [4.69, 9.17) is 0 Å². The zero-order chi connectivity index (χ0) is 35.7. The molecule has 3 aliphatic carbocycles. The first-order valence-corrected chi connectivity index (χ1v) is 28.7. The number of halogens is 2. The molecule has 4 aromatic rings. The van der Waals surface area contributed by atoms with Gasteiger partial charge in [-0.15, -0.1) is 0 Å². The van der Waals surface area contributed by atoms with Gasteiger partial charge in [0.1, 0.15) is 0 Å². The van der Waals surface area contributed by atoms with Crippen molar-refractivity contribution in [3.63, 3.8) is 0 Å². The molecule has 278 valence electrons. The molecule has 4 aliphatic rings. The van der Waals surface area contributed by atoms with Crippen LogP contribution in [0.4, 0.5) is 0 Å². The van der Waals surface area contributed by atoms with E-state index in [-0.39, 0.29) is 35.6 Å². The van der Waals surface area contributed by atoms with Gasteiger partial charge in [-0.05, 0) is 0 Å². The number of rotatable bonds is 8. The summed E-state index contributed by atoms with van der Waals surface area (Å²) >= 11 is -3.40. The maximum atomic E-state index is 2.73. The second-order valence-electron chi connectivity index (χ2n) is 18.6. The van der Waals surface area contributed by atoms with E-state index in [2.05, 4.69) is 152 Å². The summed E-state index contributed by atoms with van der Waals surface area (Å²) in [5.74, 6) is 0. The van der Waals surface area contributed by atoms with Crippen LogP contribution in [0.25, 0.3) is 34.4 Å². The molecular formula is C50H60Cl2Hf. The van der Waals surface area contributed by atoms with Gasteiger partial charge >= 0.3 is 316 Å². The van der Waals surface area contributed by atoms with Crippen molar-refractivity contribution in [1.82, 2.24) is 0 Å². The molecule has 0 radical (unpaired) electrons. The molecule has 0 spiro atoms. The van der Waals surface area contributed by atoms with E-state index in [1.165, 1.54) is 71.9 Å². The van der Waals surface area contributed by atoms with Gasteiger partial charge in [-0.2, -0.15) is 0 Å². The Bertz CT molecular complexity index is 1850. The summed E-state index contributed by atoms with van der Waals surface area (Å²) in [6.45, 7) is 19.7. The van der Waals surface area contributed by atoms with Crippen LogP contribution in [0.15, 0.2) is 96.1 Å². The largest absolute Gasteiger partial charge is 1.00 e. The van der Waals surface area contributed by atoms with Crippen LogP contribution < -0.4 is 24.8 Å².